The Morgan fingerprint density at radius 1 is 1.14 bits per heavy atom. The van der Waals surface area contributed by atoms with Gasteiger partial charge in [0.05, 0.1) is 18.1 Å². The van der Waals surface area contributed by atoms with Crippen LogP contribution < -0.4 is 10.1 Å². The second-order valence-electron chi connectivity index (χ2n) is 8.26. The average molecular weight is 498 g/mol. The highest BCUT2D eigenvalue weighted by atomic mass is 32.2. The molecule has 0 radical (unpaired) electrons. The number of para-hydroxylation sites is 1. The second kappa shape index (κ2) is 11.9. The van der Waals surface area contributed by atoms with Gasteiger partial charge in [-0.3, -0.25) is 14.2 Å². The Labute approximate surface area is 209 Å². The van der Waals surface area contributed by atoms with Gasteiger partial charge in [0.2, 0.25) is 5.91 Å². The first-order valence-electron chi connectivity index (χ1n) is 12.0. The van der Waals surface area contributed by atoms with Crippen molar-refractivity contribution in [2.75, 3.05) is 25.4 Å². The monoisotopic (exact) mass is 497 g/mol. The minimum absolute atomic E-state index is 0.000240. The predicted molar refractivity (Wildman–Crippen MR) is 133 cm³/mol. The van der Waals surface area contributed by atoms with Gasteiger partial charge in [-0.2, -0.15) is 0 Å². The molecule has 10 heteroatoms. The summed E-state index contributed by atoms with van der Waals surface area (Å²) in [5.41, 5.74) is 0.861. The van der Waals surface area contributed by atoms with Crippen molar-refractivity contribution in [2.45, 2.75) is 50.9 Å². The van der Waals surface area contributed by atoms with Crippen LogP contribution in [0.5, 0.6) is 5.75 Å². The van der Waals surface area contributed by atoms with Crippen LogP contribution in [0.2, 0.25) is 0 Å². The zero-order chi connectivity index (χ0) is 24.6. The molecule has 1 aliphatic rings. The van der Waals surface area contributed by atoms with Gasteiger partial charge < -0.3 is 19.4 Å². The molecule has 1 saturated heterocycles. The number of rotatable bonds is 11. The van der Waals surface area contributed by atoms with Crippen LogP contribution in [0.4, 0.5) is 0 Å². The highest BCUT2D eigenvalue weighted by molar-refractivity contribution is 7.99. The lowest BCUT2D eigenvalue weighted by molar-refractivity contribution is -0.132. The fourth-order valence-electron chi connectivity index (χ4n) is 4.13. The smallest absolute Gasteiger partial charge is 0.260 e. The standard InChI is InChI=1S/C25H31N5O4S/c1-3-19(18-10-5-6-11-20(18)34-16-23(32)29-13-7-8-14-29)26-22(31)17-35-25-28-27-24(30(25)4-2)21-12-9-15-33-21/h5-6,9-12,15,19H,3-4,7-8,13-14,16-17H2,1-2H3,(H,26,31). The van der Waals surface area contributed by atoms with Crippen molar-refractivity contribution in [2.24, 2.45) is 0 Å². The number of ether oxygens (including phenoxy) is 1. The van der Waals surface area contributed by atoms with Gasteiger partial charge in [-0.1, -0.05) is 36.9 Å². The van der Waals surface area contributed by atoms with Crippen LogP contribution in [0.25, 0.3) is 11.6 Å². The van der Waals surface area contributed by atoms with E-state index in [2.05, 4.69) is 15.5 Å². The number of hydrogen-bond donors (Lipinski definition) is 1. The summed E-state index contributed by atoms with van der Waals surface area (Å²) in [6, 6.07) is 11.0. The number of amides is 2. The zero-order valence-electron chi connectivity index (χ0n) is 20.1. The molecule has 3 aromatic rings. The Morgan fingerprint density at radius 2 is 1.94 bits per heavy atom. The molecule has 2 amide bonds. The average Bonchev–Trinajstić information content (AvgIpc) is 3.66. The van der Waals surface area contributed by atoms with E-state index in [4.69, 9.17) is 9.15 Å². The maximum atomic E-state index is 12.8. The van der Waals surface area contributed by atoms with E-state index >= 15 is 0 Å². The van der Waals surface area contributed by atoms with E-state index < -0.39 is 0 Å². The van der Waals surface area contributed by atoms with Crippen LogP contribution in [-0.2, 0) is 16.1 Å². The van der Waals surface area contributed by atoms with Gasteiger partial charge in [-0.15, -0.1) is 10.2 Å². The van der Waals surface area contributed by atoms with Crippen molar-refractivity contribution in [3.05, 3.63) is 48.2 Å². The first kappa shape index (κ1) is 24.8. The Bertz CT molecular complexity index is 1120. The normalized spacial score (nSPS) is 14.2. The molecular formula is C25H31N5O4S. The van der Waals surface area contributed by atoms with Crippen molar-refractivity contribution in [3.8, 4) is 17.3 Å². The maximum Gasteiger partial charge on any atom is 0.260 e. The van der Waals surface area contributed by atoms with Crippen LogP contribution in [0.15, 0.2) is 52.2 Å². The number of aromatic nitrogens is 3. The molecule has 3 heterocycles. The summed E-state index contributed by atoms with van der Waals surface area (Å²) in [4.78, 5) is 27.1. The Balaban J connectivity index is 1.36. The molecule has 1 aliphatic heterocycles. The number of hydrogen-bond acceptors (Lipinski definition) is 7. The van der Waals surface area contributed by atoms with Crippen LogP contribution in [0, 0.1) is 0 Å². The predicted octanol–water partition coefficient (Wildman–Crippen LogP) is 3.92. The number of likely N-dealkylation sites (tertiary alicyclic amines) is 1. The van der Waals surface area contributed by atoms with Gasteiger partial charge in [0, 0.05) is 25.2 Å². The van der Waals surface area contributed by atoms with Gasteiger partial charge in [-0.25, -0.2) is 0 Å². The minimum Gasteiger partial charge on any atom is -0.483 e. The number of nitrogens with zero attached hydrogens (tertiary/aromatic N) is 4. The molecule has 0 bridgehead atoms. The van der Waals surface area contributed by atoms with E-state index in [9.17, 15) is 9.59 Å². The summed E-state index contributed by atoms with van der Waals surface area (Å²) < 4.78 is 13.3. The van der Waals surface area contributed by atoms with Crippen molar-refractivity contribution in [3.63, 3.8) is 0 Å². The number of nitrogens with one attached hydrogen (secondary N) is 1. The van der Waals surface area contributed by atoms with Crippen LogP contribution >= 0.6 is 11.8 Å². The zero-order valence-corrected chi connectivity index (χ0v) is 20.9. The summed E-state index contributed by atoms with van der Waals surface area (Å²) in [6.45, 7) is 6.26. The third-order valence-corrected chi connectivity index (χ3v) is 6.92. The summed E-state index contributed by atoms with van der Waals surface area (Å²) in [5.74, 6) is 1.98. The van der Waals surface area contributed by atoms with E-state index in [-0.39, 0.29) is 30.2 Å². The lowest BCUT2D eigenvalue weighted by atomic mass is 10.0. The van der Waals surface area contributed by atoms with Gasteiger partial charge in [0.1, 0.15) is 5.75 Å². The summed E-state index contributed by atoms with van der Waals surface area (Å²) in [5, 5.41) is 12.2. The summed E-state index contributed by atoms with van der Waals surface area (Å²) in [6.07, 6.45) is 4.37. The molecule has 9 nitrogen and oxygen atoms in total. The first-order valence-corrected chi connectivity index (χ1v) is 13.0. The van der Waals surface area contributed by atoms with Gasteiger partial charge in [-0.05, 0) is 44.4 Å². The minimum atomic E-state index is -0.232. The third kappa shape index (κ3) is 6.05. The molecule has 0 saturated carbocycles. The highest BCUT2D eigenvalue weighted by Crippen LogP contribution is 2.28. The van der Waals surface area contributed by atoms with E-state index in [1.807, 2.05) is 53.6 Å². The van der Waals surface area contributed by atoms with Crippen molar-refractivity contribution >= 4 is 23.6 Å². The van der Waals surface area contributed by atoms with Gasteiger partial charge >= 0.3 is 0 Å². The van der Waals surface area contributed by atoms with Crippen molar-refractivity contribution in [1.82, 2.24) is 25.0 Å². The van der Waals surface area contributed by atoms with Gasteiger partial charge in [0.25, 0.3) is 5.91 Å². The summed E-state index contributed by atoms with van der Waals surface area (Å²) >= 11 is 1.33. The number of carbonyl (C=O) groups excluding carboxylic acids is 2. The Morgan fingerprint density at radius 3 is 2.66 bits per heavy atom. The molecule has 0 aliphatic carbocycles. The summed E-state index contributed by atoms with van der Waals surface area (Å²) in [7, 11) is 0. The lowest BCUT2D eigenvalue weighted by Crippen LogP contribution is -2.33. The lowest BCUT2D eigenvalue weighted by Gasteiger charge is -2.21. The molecule has 35 heavy (non-hydrogen) atoms. The number of carbonyl (C=O) groups is 2. The van der Waals surface area contributed by atoms with Crippen molar-refractivity contribution in [1.29, 1.82) is 0 Å². The molecule has 2 aromatic heterocycles. The Kier molecular flexibility index (Phi) is 8.46. The molecule has 1 unspecified atom stereocenters. The van der Waals surface area contributed by atoms with Crippen LogP contribution in [-0.4, -0.2) is 56.9 Å². The van der Waals surface area contributed by atoms with Crippen LogP contribution in [0.1, 0.15) is 44.7 Å². The van der Waals surface area contributed by atoms with Gasteiger partial charge in [0.15, 0.2) is 23.3 Å². The molecule has 1 N–H and O–H groups in total. The quantitative estimate of drug-likeness (QED) is 0.401. The molecule has 1 atom stereocenters. The topological polar surface area (TPSA) is 102 Å². The number of benzene rings is 1. The molecule has 0 spiro atoms. The molecule has 186 valence electrons. The largest absolute Gasteiger partial charge is 0.483 e. The number of furan rings is 1. The van der Waals surface area contributed by atoms with Crippen LogP contribution in [0.3, 0.4) is 0 Å². The van der Waals surface area contributed by atoms with E-state index in [0.29, 0.717) is 35.5 Å². The first-order chi connectivity index (χ1) is 17.1. The third-order valence-electron chi connectivity index (χ3n) is 5.95. The molecule has 1 fully saturated rings. The fourth-order valence-corrected chi connectivity index (χ4v) is 4.95. The maximum absolute atomic E-state index is 12.8. The van der Waals surface area contributed by atoms with E-state index in [0.717, 1.165) is 31.5 Å². The van der Waals surface area contributed by atoms with E-state index in [1.54, 1.807) is 12.3 Å². The Hall–Kier alpha value is -3.27. The van der Waals surface area contributed by atoms with E-state index in [1.165, 1.54) is 11.8 Å². The highest BCUT2D eigenvalue weighted by Gasteiger charge is 2.22. The molecule has 1 aromatic carbocycles. The number of thioether (sulfide) groups is 1. The SMILES string of the molecule is CCC(NC(=O)CSc1nnc(-c2ccco2)n1CC)c1ccccc1OCC(=O)N1CCCC1. The van der Waals surface area contributed by atoms with Crippen molar-refractivity contribution < 1.29 is 18.7 Å². The molecular weight excluding hydrogens is 466 g/mol. The second-order valence-corrected chi connectivity index (χ2v) is 9.20. The fraction of sp³-hybridized carbons (Fsp3) is 0.440. The molecule has 4 rings (SSSR count).